The topological polar surface area (TPSA) is 59.2 Å². The lowest BCUT2D eigenvalue weighted by Crippen LogP contribution is -2.02. The van der Waals surface area contributed by atoms with E-state index in [0.717, 1.165) is 40.4 Å². The maximum atomic E-state index is 13.0. The minimum absolute atomic E-state index is 0.234. The standard InChI is InChI=1S/C19H18FN3O2/c1-24-16-8-12-7-15-18(14(12)9-17(16)25-2)22-23-19(15)21-10-11-3-5-13(20)6-4-11/h3-6,8-9H,7,10H2,1-2H3,(H2,21,22,23). The molecule has 2 N–H and O–H groups in total. The molecule has 0 amide bonds. The Morgan fingerprint density at radius 2 is 1.84 bits per heavy atom. The summed E-state index contributed by atoms with van der Waals surface area (Å²) < 4.78 is 23.8. The molecule has 0 spiro atoms. The number of hydrogen-bond acceptors (Lipinski definition) is 4. The van der Waals surface area contributed by atoms with Crippen LogP contribution in [0.15, 0.2) is 36.4 Å². The molecule has 1 aromatic heterocycles. The molecule has 0 fully saturated rings. The number of nitrogens with zero attached hydrogens (tertiary/aromatic N) is 1. The second kappa shape index (κ2) is 6.12. The maximum absolute atomic E-state index is 13.0. The number of methoxy groups -OCH3 is 2. The van der Waals surface area contributed by atoms with E-state index in [1.54, 1.807) is 26.4 Å². The van der Waals surface area contributed by atoms with Crippen molar-refractivity contribution in [2.75, 3.05) is 19.5 Å². The summed E-state index contributed by atoms with van der Waals surface area (Å²) >= 11 is 0. The molecule has 0 unspecified atom stereocenters. The molecule has 6 heteroatoms. The van der Waals surface area contributed by atoms with Crippen molar-refractivity contribution in [2.45, 2.75) is 13.0 Å². The number of hydrogen-bond donors (Lipinski definition) is 2. The first-order chi connectivity index (χ1) is 12.2. The number of aromatic amines is 1. The molecule has 1 aliphatic carbocycles. The summed E-state index contributed by atoms with van der Waals surface area (Å²) in [5.41, 5.74) is 5.36. The molecular formula is C19H18FN3O2. The van der Waals surface area contributed by atoms with Gasteiger partial charge in [-0.25, -0.2) is 4.39 Å². The highest BCUT2D eigenvalue weighted by atomic mass is 19.1. The monoisotopic (exact) mass is 339 g/mol. The van der Waals surface area contributed by atoms with Crippen LogP contribution in [0, 0.1) is 5.82 Å². The van der Waals surface area contributed by atoms with Crippen LogP contribution >= 0.6 is 0 Å². The Bertz CT molecular complexity index is 919. The summed E-state index contributed by atoms with van der Waals surface area (Å²) in [6.45, 7) is 0.584. The zero-order chi connectivity index (χ0) is 17.4. The van der Waals surface area contributed by atoms with Gasteiger partial charge in [0.05, 0.1) is 19.9 Å². The van der Waals surface area contributed by atoms with Crippen LogP contribution < -0.4 is 14.8 Å². The van der Waals surface area contributed by atoms with Gasteiger partial charge in [-0.1, -0.05) is 12.1 Å². The number of nitrogens with one attached hydrogen (secondary N) is 2. The van der Waals surface area contributed by atoms with Crippen LogP contribution in [0.3, 0.4) is 0 Å². The second-order valence-electron chi connectivity index (χ2n) is 5.95. The number of fused-ring (bicyclic) bond motifs is 3. The first-order valence-electron chi connectivity index (χ1n) is 8.00. The fourth-order valence-electron chi connectivity index (χ4n) is 3.18. The minimum Gasteiger partial charge on any atom is -0.493 e. The summed E-state index contributed by atoms with van der Waals surface area (Å²) in [6, 6.07) is 10.4. The van der Waals surface area contributed by atoms with Gasteiger partial charge in [0.1, 0.15) is 5.82 Å². The average molecular weight is 339 g/mol. The number of benzene rings is 2. The first kappa shape index (κ1) is 15.5. The summed E-state index contributed by atoms with van der Waals surface area (Å²) in [4.78, 5) is 0. The lowest BCUT2D eigenvalue weighted by molar-refractivity contribution is 0.355. The number of anilines is 1. The lowest BCUT2D eigenvalue weighted by atomic mass is 10.1. The van der Waals surface area contributed by atoms with Gasteiger partial charge >= 0.3 is 0 Å². The predicted molar refractivity (Wildman–Crippen MR) is 93.7 cm³/mol. The summed E-state index contributed by atoms with van der Waals surface area (Å²) in [6.07, 6.45) is 0.771. The molecule has 128 valence electrons. The number of H-pyrrole nitrogens is 1. The van der Waals surface area contributed by atoms with Crippen LogP contribution in [0.5, 0.6) is 11.5 Å². The number of halogens is 1. The molecule has 1 aliphatic rings. The lowest BCUT2D eigenvalue weighted by Gasteiger charge is -2.10. The molecule has 4 rings (SSSR count). The first-order valence-corrected chi connectivity index (χ1v) is 8.00. The predicted octanol–water partition coefficient (Wildman–Crippen LogP) is 3.75. The average Bonchev–Trinajstić information content (AvgIpc) is 3.19. The van der Waals surface area contributed by atoms with Gasteiger partial charge < -0.3 is 14.8 Å². The normalized spacial score (nSPS) is 11.8. The van der Waals surface area contributed by atoms with Crippen molar-refractivity contribution in [1.29, 1.82) is 0 Å². The van der Waals surface area contributed by atoms with E-state index < -0.39 is 0 Å². The molecule has 0 bridgehead atoms. The molecule has 0 radical (unpaired) electrons. The largest absolute Gasteiger partial charge is 0.493 e. The molecule has 0 aliphatic heterocycles. The molecule has 1 heterocycles. The van der Waals surface area contributed by atoms with Gasteiger partial charge in [0, 0.05) is 24.1 Å². The van der Waals surface area contributed by atoms with Crippen molar-refractivity contribution < 1.29 is 13.9 Å². The fraction of sp³-hybridized carbons (Fsp3) is 0.211. The van der Waals surface area contributed by atoms with E-state index in [0.29, 0.717) is 12.3 Å². The van der Waals surface area contributed by atoms with E-state index >= 15 is 0 Å². The zero-order valence-electron chi connectivity index (χ0n) is 14.0. The van der Waals surface area contributed by atoms with E-state index in [2.05, 4.69) is 15.5 Å². The van der Waals surface area contributed by atoms with Crippen LogP contribution in [0.2, 0.25) is 0 Å². The summed E-state index contributed by atoms with van der Waals surface area (Å²) in [5.74, 6) is 2.00. The maximum Gasteiger partial charge on any atom is 0.161 e. The Labute approximate surface area is 144 Å². The van der Waals surface area contributed by atoms with Crippen LogP contribution in [0.25, 0.3) is 11.3 Å². The Morgan fingerprint density at radius 3 is 2.56 bits per heavy atom. The third-order valence-corrected chi connectivity index (χ3v) is 4.49. The van der Waals surface area contributed by atoms with Crippen molar-refractivity contribution in [3.05, 3.63) is 58.9 Å². The molecule has 0 saturated heterocycles. The molecular weight excluding hydrogens is 321 g/mol. The minimum atomic E-state index is -0.234. The molecule has 25 heavy (non-hydrogen) atoms. The third kappa shape index (κ3) is 2.69. The fourth-order valence-corrected chi connectivity index (χ4v) is 3.18. The SMILES string of the molecule is COc1cc2c(cc1OC)-c1[nH]nc(NCc3ccc(F)cc3)c1C2. The number of aromatic nitrogens is 2. The van der Waals surface area contributed by atoms with Gasteiger partial charge in [0.25, 0.3) is 0 Å². The molecule has 0 atom stereocenters. The highest BCUT2D eigenvalue weighted by Crippen LogP contribution is 2.43. The van der Waals surface area contributed by atoms with E-state index in [-0.39, 0.29) is 5.82 Å². The van der Waals surface area contributed by atoms with E-state index in [1.165, 1.54) is 17.7 Å². The van der Waals surface area contributed by atoms with Crippen molar-refractivity contribution in [2.24, 2.45) is 0 Å². The van der Waals surface area contributed by atoms with Crippen LogP contribution in [-0.4, -0.2) is 24.4 Å². The van der Waals surface area contributed by atoms with E-state index in [9.17, 15) is 4.39 Å². The summed E-state index contributed by atoms with van der Waals surface area (Å²) in [7, 11) is 3.26. The van der Waals surface area contributed by atoms with Crippen LogP contribution in [-0.2, 0) is 13.0 Å². The number of rotatable bonds is 5. The molecule has 2 aromatic carbocycles. The van der Waals surface area contributed by atoms with Gasteiger partial charge in [0.15, 0.2) is 17.3 Å². The summed E-state index contributed by atoms with van der Waals surface area (Å²) in [5, 5.41) is 10.8. The van der Waals surface area contributed by atoms with Crippen LogP contribution in [0.1, 0.15) is 16.7 Å². The van der Waals surface area contributed by atoms with Gasteiger partial charge in [-0.15, -0.1) is 0 Å². The van der Waals surface area contributed by atoms with Gasteiger partial charge in [-0.2, -0.15) is 5.10 Å². The Hall–Kier alpha value is -3.02. The van der Waals surface area contributed by atoms with Crippen molar-refractivity contribution in [1.82, 2.24) is 10.2 Å². The molecule has 5 nitrogen and oxygen atoms in total. The van der Waals surface area contributed by atoms with Crippen LogP contribution in [0.4, 0.5) is 10.2 Å². The smallest absolute Gasteiger partial charge is 0.161 e. The molecule has 3 aromatic rings. The van der Waals surface area contributed by atoms with Crippen molar-refractivity contribution in [3.63, 3.8) is 0 Å². The number of ether oxygens (including phenoxy) is 2. The van der Waals surface area contributed by atoms with Gasteiger partial charge in [-0.05, 0) is 35.4 Å². The van der Waals surface area contributed by atoms with E-state index in [1.807, 2.05) is 12.1 Å². The van der Waals surface area contributed by atoms with Crippen molar-refractivity contribution in [3.8, 4) is 22.8 Å². The van der Waals surface area contributed by atoms with E-state index in [4.69, 9.17) is 9.47 Å². The second-order valence-corrected chi connectivity index (χ2v) is 5.95. The Kier molecular flexibility index (Phi) is 3.80. The Morgan fingerprint density at radius 1 is 1.12 bits per heavy atom. The highest BCUT2D eigenvalue weighted by molar-refractivity contribution is 5.80. The van der Waals surface area contributed by atoms with Gasteiger partial charge in [-0.3, -0.25) is 5.10 Å². The Balaban J connectivity index is 1.59. The third-order valence-electron chi connectivity index (χ3n) is 4.49. The highest BCUT2D eigenvalue weighted by Gasteiger charge is 2.26. The zero-order valence-corrected chi connectivity index (χ0v) is 14.0. The quantitative estimate of drug-likeness (QED) is 0.581. The van der Waals surface area contributed by atoms with Crippen molar-refractivity contribution >= 4 is 5.82 Å². The van der Waals surface area contributed by atoms with Gasteiger partial charge in [0.2, 0.25) is 0 Å². The molecule has 0 saturated carbocycles.